The maximum atomic E-state index is 12.7. The zero-order chi connectivity index (χ0) is 12.1. The molecule has 3 nitrogen and oxygen atoms in total. The maximum Gasteiger partial charge on any atom is 0.268 e. The van der Waals surface area contributed by atoms with Gasteiger partial charge >= 0.3 is 0 Å². The predicted octanol–water partition coefficient (Wildman–Crippen LogP) is 2.99. The predicted molar refractivity (Wildman–Crippen MR) is 57.7 cm³/mol. The Labute approximate surface area is 100 Å². The number of aromatic nitrogens is 1. The molecular formula is C10H9BrF2N2O. The van der Waals surface area contributed by atoms with Crippen LogP contribution in [0.2, 0.25) is 0 Å². The number of nitriles is 1. The largest absolute Gasteiger partial charge is 0.496 e. The Morgan fingerprint density at radius 3 is 2.75 bits per heavy atom. The molecule has 0 fully saturated rings. The molecule has 0 bridgehead atoms. The lowest BCUT2D eigenvalue weighted by Gasteiger charge is -2.13. The monoisotopic (exact) mass is 290 g/mol. The minimum atomic E-state index is -2.66. The molecule has 0 aliphatic heterocycles. The van der Waals surface area contributed by atoms with Gasteiger partial charge in [-0.05, 0) is 0 Å². The second-order valence-electron chi connectivity index (χ2n) is 2.94. The van der Waals surface area contributed by atoms with Gasteiger partial charge in [0.05, 0.1) is 30.9 Å². The number of pyridine rings is 1. The normalized spacial score (nSPS) is 10.2. The highest BCUT2D eigenvalue weighted by Gasteiger charge is 2.20. The maximum absolute atomic E-state index is 12.7. The van der Waals surface area contributed by atoms with Crippen LogP contribution in [0.15, 0.2) is 6.20 Å². The molecule has 0 spiro atoms. The molecule has 0 aliphatic rings. The van der Waals surface area contributed by atoms with Crippen molar-refractivity contribution in [3.8, 4) is 11.8 Å². The third-order valence-electron chi connectivity index (χ3n) is 2.07. The molecule has 16 heavy (non-hydrogen) atoms. The number of methoxy groups -OCH3 is 1. The summed E-state index contributed by atoms with van der Waals surface area (Å²) in [5.74, 6) is 0.0565. The highest BCUT2D eigenvalue weighted by atomic mass is 79.9. The first-order valence-electron chi connectivity index (χ1n) is 4.41. The molecule has 0 unspecified atom stereocenters. The molecule has 1 heterocycles. The molecule has 0 aliphatic carbocycles. The Balaban J connectivity index is 3.38. The summed E-state index contributed by atoms with van der Waals surface area (Å²) in [6, 6.07) is 1.91. The Kier molecular flexibility index (Phi) is 4.62. The summed E-state index contributed by atoms with van der Waals surface area (Å²) in [6.45, 7) is 0. The fraction of sp³-hybridized carbons (Fsp3) is 0.400. The Hall–Kier alpha value is -1.22. The van der Waals surface area contributed by atoms with Crippen molar-refractivity contribution in [2.75, 3.05) is 7.11 Å². The number of ether oxygens (including phenoxy) is 1. The van der Waals surface area contributed by atoms with E-state index in [1.165, 1.54) is 7.11 Å². The van der Waals surface area contributed by atoms with Crippen molar-refractivity contribution in [1.82, 2.24) is 4.98 Å². The summed E-state index contributed by atoms with van der Waals surface area (Å²) in [5, 5.41) is 9.05. The topological polar surface area (TPSA) is 45.9 Å². The van der Waals surface area contributed by atoms with Gasteiger partial charge in [-0.3, -0.25) is 4.98 Å². The molecule has 1 rings (SSSR count). The van der Waals surface area contributed by atoms with Crippen molar-refractivity contribution >= 4 is 15.9 Å². The molecule has 0 saturated heterocycles. The lowest BCUT2D eigenvalue weighted by atomic mass is 10.1. The summed E-state index contributed by atoms with van der Waals surface area (Å²) < 4.78 is 30.3. The Bertz CT molecular complexity index is 418. The van der Waals surface area contributed by atoms with E-state index in [9.17, 15) is 8.78 Å². The van der Waals surface area contributed by atoms with E-state index < -0.39 is 6.43 Å². The van der Waals surface area contributed by atoms with E-state index in [0.29, 0.717) is 16.6 Å². The smallest absolute Gasteiger partial charge is 0.268 e. The fourth-order valence-electron chi connectivity index (χ4n) is 1.36. The minimum absolute atomic E-state index is 0.00231. The van der Waals surface area contributed by atoms with Crippen LogP contribution in [0.25, 0.3) is 0 Å². The van der Waals surface area contributed by atoms with Gasteiger partial charge in [0.1, 0.15) is 5.75 Å². The molecular weight excluding hydrogens is 282 g/mol. The van der Waals surface area contributed by atoms with Crippen LogP contribution in [0, 0.1) is 11.3 Å². The van der Waals surface area contributed by atoms with Gasteiger partial charge in [0, 0.05) is 17.1 Å². The van der Waals surface area contributed by atoms with E-state index in [4.69, 9.17) is 10.00 Å². The van der Waals surface area contributed by atoms with Crippen LogP contribution in [0.1, 0.15) is 23.2 Å². The highest BCUT2D eigenvalue weighted by molar-refractivity contribution is 9.08. The zero-order valence-electron chi connectivity index (χ0n) is 8.51. The molecule has 1 aromatic heterocycles. The third-order valence-corrected chi connectivity index (χ3v) is 2.60. The molecule has 86 valence electrons. The first-order chi connectivity index (χ1) is 7.65. The number of halogens is 3. The van der Waals surface area contributed by atoms with Crippen LogP contribution in [-0.4, -0.2) is 12.1 Å². The standard InChI is InChI=1S/C10H9BrF2N2O/c1-16-9-6(2-3-14)8(4-11)15-5-7(9)10(12)13/h5,10H,2,4H2,1H3. The van der Waals surface area contributed by atoms with Crippen molar-refractivity contribution in [2.45, 2.75) is 18.2 Å². The van der Waals surface area contributed by atoms with Crippen LogP contribution in [0.5, 0.6) is 5.75 Å². The lowest BCUT2D eigenvalue weighted by molar-refractivity contribution is 0.146. The number of rotatable bonds is 4. The summed E-state index contributed by atoms with van der Waals surface area (Å²) in [7, 11) is 1.31. The van der Waals surface area contributed by atoms with Crippen molar-refractivity contribution < 1.29 is 13.5 Å². The Morgan fingerprint density at radius 2 is 2.31 bits per heavy atom. The van der Waals surface area contributed by atoms with Crippen LogP contribution >= 0.6 is 15.9 Å². The van der Waals surface area contributed by atoms with E-state index in [-0.39, 0.29) is 17.7 Å². The van der Waals surface area contributed by atoms with E-state index in [2.05, 4.69) is 20.9 Å². The quantitative estimate of drug-likeness (QED) is 0.801. The van der Waals surface area contributed by atoms with Gasteiger partial charge in [-0.2, -0.15) is 5.26 Å². The molecule has 6 heteroatoms. The zero-order valence-corrected chi connectivity index (χ0v) is 10.1. The summed E-state index contributed by atoms with van der Waals surface area (Å²) in [4.78, 5) is 3.89. The van der Waals surface area contributed by atoms with Crippen molar-refractivity contribution in [3.05, 3.63) is 23.0 Å². The molecule has 0 radical (unpaired) electrons. The average Bonchev–Trinajstić information content (AvgIpc) is 2.28. The van der Waals surface area contributed by atoms with E-state index >= 15 is 0 Å². The van der Waals surface area contributed by atoms with E-state index in [1.54, 1.807) is 0 Å². The molecule has 0 N–H and O–H groups in total. The first-order valence-corrected chi connectivity index (χ1v) is 5.53. The summed E-state index contributed by atoms with van der Waals surface area (Å²) in [5.41, 5.74) is 0.680. The van der Waals surface area contributed by atoms with Gasteiger partial charge in [0.25, 0.3) is 6.43 Å². The lowest BCUT2D eigenvalue weighted by Crippen LogP contribution is -2.03. The number of hydrogen-bond donors (Lipinski definition) is 0. The minimum Gasteiger partial charge on any atom is -0.496 e. The van der Waals surface area contributed by atoms with Gasteiger partial charge < -0.3 is 4.74 Å². The van der Waals surface area contributed by atoms with Gasteiger partial charge in [0.15, 0.2) is 0 Å². The Morgan fingerprint density at radius 1 is 1.62 bits per heavy atom. The molecule has 0 amide bonds. The molecule has 0 saturated carbocycles. The van der Waals surface area contributed by atoms with Gasteiger partial charge in [0.2, 0.25) is 0 Å². The second-order valence-corrected chi connectivity index (χ2v) is 3.50. The van der Waals surface area contributed by atoms with Crippen molar-refractivity contribution in [3.63, 3.8) is 0 Å². The van der Waals surface area contributed by atoms with Crippen molar-refractivity contribution in [2.24, 2.45) is 0 Å². The number of alkyl halides is 3. The van der Waals surface area contributed by atoms with Crippen LogP contribution in [-0.2, 0) is 11.8 Å². The van der Waals surface area contributed by atoms with Gasteiger partial charge in [-0.1, -0.05) is 15.9 Å². The summed E-state index contributed by atoms with van der Waals surface area (Å²) >= 11 is 3.19. The first kappa shape index (κ1) is 12.8. The number of nitrogens with zero attached hydrogens (tertiary/aromatic N) is 2. The second kappa shape index (κ2) is 5.75. The van der Waals surface area contributed by atoms with E-state index in [0.717, 1.165) is 6.20 Å². The molecule has 0 atom stereocenters. The van der Waals surface area contributed by atoms with Crippen molar-refractivity contribution in [1.29, 1.82) is 5.26 Å². The third kappa shape index (κ3) is 2.47. The van der Waals surface area contributed by atoms with Gasteiger partial charge in [-0.15, -0.1) is 0 Å². The fourth-order valence-corrected chi connectivity index (χ4v) is 1.85. The SMILES string of the molecule is COc1c(C(F)F)cnc(CBr)c1CC#N. The van der Waals surface area contributed by atoms with Gasteiger partial charge in [-0.25, -0.2) is 8.78 Å². The highest BCUT2D eigenvalue weighted by Crippen LogP contribution is 2.33. The molecule has 0 aromatic carbocycles. The van der Waals surface area contributed by atoms with Crippen LogP contribution in [0.3, 0.4) is 0 Å². The summed E-state index contributed by atoms with van der Waals surface area (Å²) in [6.07, 6.45) is -1.58. The average molecular weight is 291 g/mol. The number of hydrogen-bond acceptors (Lipinski definition) is 3. The molecule has 1 aromatic rings. The van der Waals surface area contributed by atoms with Crippen LogP contribution in [0.4, 0.5) is 8.78 Å². The van der Waals surface area contributed by atoms with Crippen LogP contribution < -0.4 is 4.74 Å². The van der Waals surface area contributed by atoms with E-state index in [1.807, 2.05) is 6.07 Å².